The Morgan fingerprint density at radius 3 is 2.18 bits per heavy atom. The smallest absolute Gasteiger partial charge is 0.326 e. The number of hydrogen-bond donors (Lipinski definition) is 0. The highest BCUT2D eigenvalue weighted by Crippen LogP contribution is 2.36. The van der Waals surface area contributed by atoms with Crippen molar-refractivity contribution in [2.45, 2.75) is 31.6 Å². The molecule has 0 saturated heterocycles. The van der Waals surface area contributed by atoms with Gasteiger partial charge in [0.2, 0.25) is 0 Å². The van der Waals surface area contributed by atoms with Gasteiger partial charge in [0, 0.05) is 16.7 Å². The highest BCUT2D eigenvalue weighted by molar-refractivity contribution is 8.00. The summed E-state index contributed by atoms with van der Waals surface area (Å²) < 4.78 is 17.5. The molecular weight excluding hydrogens is 438 g/mol. The second kappa shape index (κ2) is 12.2. The zero-order valence-electron chi connectivity index (χ0n) is 19.2. The third-order valence-corrected chi connectivity index (χ3v) is 6.05. The molecule has 0 aromatic heterocycles. The average Bonchev–Trinajstić information content (AvgIpc) is 2.83. The molecule has 0 atom stereocenters. The standard InChI is InChI=1S/C26H29NO5S/c1-4-31-25(28)17-11-19-10-16-24(23-9-7-6-8-22(19)23)27(18-26(29)32-5-2)33-21-14-12-20(30-3)13-15-21/h6-10,12-16H,4-5,11,17-18H2,1-3H3. The van der Waals surface area contributed by atoms with Crippen LogP contribution in [-0.2, 0) is 25.5 Å². The summed E-state index contributed by atoms with van der Waals surface area (Å²) in [6, 6.07) is 19.7. The molecule has 33 heavy (non-hydrogen) atoms. The fraction of sp³-hybridized carbons (Fsp3) is 0.308. The molecule has 6 nitrogen and oxygen atoms in total. The van der Waals surface area contributed by atoms with Crippen LogP contribution in [-0.4, -0.2) is 38.8 Å². The number of rotatable bonds is 11. The molecule has 0 spiro atoms. The van der Waals surface area contributed by atoms with Gasteiger partial charge in [-0.3, -0.25) is 9.59 Å². The molecule has 0 aliphatic carbocycles. The summed E-state index contributed by atoms with van der Waals surface area (Å²) in [6.07, 6.45) is 0.910. The maximum absolute atomic E-state index is 12.4. The van der Waals surface area contributed by atoms with E-state index in [1.807, 2.05) is 65.0 Å². The predicted molar refractivity (Wildman–Crippen MR) is 132 cm³/mol. The quantitative estimate of drug-likeness (QED) is 0.275. The van der Waals surface area contributed by atoms with Gasteiger partial charge >= 0.3 is 11.9 Å². The van der Waals surface area contributed by atoms with Gasteiger partial charge in [0.15, 0.2) is 0 Å². The number of carbonyl (C=O) groups is 2. The van der Waals surface area contributed by atoms with Gasteiger partial charge in [0.1, 0.15) is 12.3 Å². The number of aryl methyl sites for hydroxylation is 1. The Labute approximate surface area is 199 Å². The van der Waals surface area contributed by atoms with Gasteiger partial charge in [-0.1, -0.05) is 30.3 Å². The van der Waals surface area contributed by atoms with E-state index in [2.05, 4.69) is 0 Å². The van der Waals surface area contributed by atoms with Crippen molar-refractivity contribution in [3.63, 3.8) is 0 Å². The molecule has 3 aromatic rings. The Kier molecular flexibility index (Phi) is 9.01. The summed E-state index contributed by atoms with van der Waals surface area (Å²) in [6.45, 7) is 4.40. The molecule has 0 bridgehead atoms. The SMILES string of the molecule is CCOC(=O)CCc1ccc(N(CC(=O)OCC)Sc2ccc(OC)cc2)c2ccccc12. The number of methoxy groups -OCH3 is 1. The number of nitrogens with zero attached hydrogens (tertiary/aromatic N) is 1. The Bertz CT molecular complexity index is 1080. The van der Waals surface area contributed by atoms with Crippen molar-refractivity contribution in [2.75, 3.05) is 31.2 Å². The fourth-order valence-corrected chi connectivity index (χ4v) is 4.45. The molecule has 174 valence electrons. The lowest BCUT2D eigenvalue weighted by molar-refractivity contribution is -0.143. The highest BCUT2D eigenvalue weighted by Gasteiger charge is 2.18. The van der Waals surface area contributed by atoms with Crippen molar-refractivity contribution < 1.29 is 23.8 Å². The molecule has 0 heterocycles. The molecule has 0 amide bonds. The maximum Gasteiger partial charge on any atom is 0.326 e. The molecule has 0 saturated carbocycles. The number of carbonyl (C=O) groups excluding carboxylic acids is 2. The van der Waals surface area contributed by atoms with Gasteiger partial charge in [-0.05, 0) is 73.5 Å². The largest absolute Gasteiger partial charge is 0.497 e. The first-order chi connectivity index (χ1) is 16.0. The van der Waals surface area contributed by atoms with E-state index in [0.29, 0.717) is 26.1 Å². The van der Waals surface area contributed by atoms with Gasteiger partial charge in [-0.25, -0.2) is 0 Å². The highest BCUT2D eigenvalue weighted by atomic mass is 32.2. The van der Waals surface area contributed by atoms with Crippen LogP contribution in [0.2, 0.25) is 0 Å². The normalized spacial score (nSPS) is 10.6. The summed E-state index contributed by atoms with van der Waals surface area (Å²) in [7, 11) is 1.63. The van der Waals surface area contributed by atoms with Gasteiger partial charge in [0.25, 0.3) is 0 Å². The summed E-state index contributed by atoms with van der Waals surface area (Å²) in [4.78, 5) is 25.2. The van der Waals surface area contributed by atoms with Crippen LogP contribution in [0, 0.1) is 0 Å². The molecule has 0 fully saturated rings. The van der Waals surface area contributed by atoms with Gasteiger partial charge in [-0.15, -0.1) is 0 Å². The van der Waals surface area contributed by atoms with Crippen LogP contribution >= 0.6 is 11.9 Å². The van der Waals surface area contributed by atoms with E-state index in [0.717, 1.165) is 32.7 Å². The molecule has 0 radical (unpaired) electrons. The Morgan fingerprint density at radius 2 is 1.52 bits per heavy atom. The van der Waals surface area contributed by atoms with Gasteiger partial charge in [0.05, 0.1) is 26.0 Å². The van der Waals surface area contributed by atoms with Crippen LogP contribution in [0.5, 0.6) is 5.75 Å². The minimum absolute atomic E-state index is 0.0940. The monoisotopic (exact) mass is 467 g/mol. The van der Waals surface area contributed by atoms with Crippen LogP contribution < -0.4 is 9.04 Å². The van der Waals surface area contributed by atoms with Crippen LogP contribution in [0.4, 0.5) is 5.69 Å². The number of fused-ring (bicyclic) bond motifs is 1. The maximum atomic E-state index is 12.4. The van der Waals surface area contributed by atoms with Crippen LogP contribution in [0.15, 0.2) is 65.6 Å². The van der Waals surface area contributed by atoms with Crippen molar-refractivity contribution in [1.82, 2.24) is 0 Å². The number of esters is 2. The van der Waals surface area contributed by atoms with Gasteiger partial charge in [-0.2, -0.15) is 0 Å². The summed E-state index contributed by atoms with van der Waals surface area (Å²) >= 11 is 1.46. The average molecular weight is 468 g/mol. The number of benzene rings is 3. The molecule has 7 heteroatoms. The third kappa shape index (κ3) is 6.65. The summed E-state index contributed by atoms with van der Waals surface area (Å²) in [5.41, 5.74) is 1.97. The number of ether oxygens (including phenoxy) is 3. The molecule has 3 aromatic carbocycles. The first-order valence-corrected chi connectivity index (χ1v) is 11.7. The van der Waals surface area contributed by atoms with E-state index in [4.69, 9.17) is 14.2 Å². The minimum atomic E-state index is -0.297. The second-order valence-electron chi connectivity index (χ2n) is 7.20. The molecule has 0 aliphatic heterocycles. The van der Waals surface area contributed by atoms with Crippen molar-refractivity contribution in [3.05, 3.63) is 66.2 Å². The van der Waals surface area contributed by atoms with Crippen molar-refractivity contribution in [3.8, 4) is 5.75 Å². The van der Waals surface area contributed by atoms with E-state index in [9.17, 15) is 9.59 Å². The number of anilines is 1. The van der Waals surface area contributed by atoms with Crippen molar-refractivity contribution >= 4 is 40.3 Å². The fourth-order valence-electron chi connectivity index (χ4n) is 3.51. The number of hydrogen-bond acceptors (Lipinski definition) is 7. The van der Waals surface area contributed by atoms with E-state index < -0.39 is 0 Å². The zero-order valence-corrected chi connectivity index (χ0v) is 20.0. The van der Waals surface area contributed by atoms with Crippen LogP contribution in [0.3, 0.4) is 0 Å². The Balaban J connectivity index is 1.95. The van der Waals surface area contributed by atoms with Crippen molar-refractivity contribution in [2.24, 2.45) is 0 Å². The van der Waals surface area contributed by atoms with E-state index in [1.165, 1.54) is 11.9 Å². The molecule has 0 aliphatic rings. The topological polar surface area (TPSA) is 65.1 Å². The van der Waals surface area contributed by atoms with Gasteiger partial charge < -0.3 is 18.5 Å². The molecular formula is C26H29NO5S. The van der Waals surface area contributed by atoms with E-state index in [-0.39, 0.29) is 18.5 Å². The van der Waals surface area contributed by atoms with Crippen molar-refractivity contribution in [1.29, 1.82) is 0 Å². The predicted octanol–water partition coefficient (Wildman–Crippen LogP) is 5.42. The lowest BCUT2D eigenvalue weighted by Gasteiger charge is -2.25. The van der Waals surface area contributed by atoms with Crippen LogP contribution in [0.25, 0.3) is 10.8 Å². The molecule has 0 unspecified atom stereocenters. The zero-order chi connectivity index (χ0) is 23.6. The Morgan fingerprint density at radius 1 is 0.848 bits per heavy atom. The molecule has 0 N–H and O–H groups in total. The summed E-state index contributed by atoms with van der Waals surface area (Å²) in [5.74, 6) is 0.270. The lowest BCUT2D eigenvalue weighted by atomic mass is 9.99. The molecule has 3 rings (SSSR count). The minimum Gasteiger partial charge on any atom is -0.497 e. The van der Waals surface area contributed by atoms with Crippen LogP contribution in [0.1, 0.15) is 25.8 Å². The Hall–Kier alpha value is -3.19. The first kappa shape index (κ1) is 24.5. The van der Waals surface area contributed by atoms with E-state index >= 15 is 0 Å². The third-order valence-electron chi connectivity index (χ3n) is 5.02. The summed E-state index contributed by atoms with van der Waals surface area (Å²) in [5, 5.41) is 2.05. The first-order valence-electron chi connectivity index (χ1n) is 11.0. The lowest BCUT2D eigenvalue weighted by Crippen LogP contribution is -2.25. The second-order valence-corrected chi connectivity index (χ2v) is 8.30. The van der Waals surface area contributed by atoms with E-state index in [1.54, 1.807) is 21.0 Å².